The normalized spacial score (nSPS) is 11.3. The average molecular weight is 513 g/mol. The minimum atomic E-state index is -0.113. The summed E-state index contributed by atoms with van der Waals surface area (Å²) in [5.74, 6) is 0.576. The van der Waals surface area contributed by atoms with Gasteiger partial charge in [-0.1, -0.05) is 42.5 Å². The Morgan fingerprint density at radius 3 is 1.95 bits per heavy atom. The van der Waals surface area contributed by atoms with Crippen molar-refractivity contribution >= 4 is 22.8 Å². The van der Waals surface area contributed by atoms with Crippen LogP contribution in [-0.2, 0) is 6.54 Å². The van der Waals surface area contributed by atoms with E-state index >= 15 is 0 Å². The molecule has 4 rings (SSSR count). The Hall–Kier alpha value is -4.01. The Morgan fingerprint density at radius 1 is 0.763 bits per heavy atom. The van der Waals surface area contributed by atoms with E-state index in [1.807, 2.05) is 98.7 Å². The second kappa shape index (κ2) is 12.5. The summed E-state index contributed by atoms with van der Waals surface area (Å²) in [5, 5.41) is 5.92. The number of nitrogens with one attached hydrogen (secondary N) is 2. The van der Waals surface area contributed by atoms with Crippen molar-refractivity contribution in [3.05, 3.63) is 89.5 Å². The number of aromatic nitrogens is 2. The highest BCUT2D eigenvalue weighted by Crippen LogP contribution is 2.27. The standard InChI is InChI=1S/C30H36N6O2/c1-34(2)18-16-31-29(37)24-12-10-23(11-13-24)28-33-26-20-25(30(38)32-17-19-35(3)4)14-15-27(26)36(28)21-22-8-6-5-7-9-22/h5-15,20H,16-19,21H2,1-4H3,(H,31,37)(H,32,38). The molecule has 0 radical (unpaired) electrons. The molecule has 0 aliphatic rings. The minimum Gasteiger partial charge on any atom is -0.351 e. The zero-order valence-corrected chi connectivity index (χ0v) is 22.6. The Labute approximate surface area is 224 Å². The van der Waals surface area contributed by atoms with E-state index in [0.717, 1.165) is 41.1 Å². The molecule has 2 amide bonds. The van der Waals surface area contributed by atoms with Gasteiger partial charge in [0.25, 0.3) is 11.8 Å². The zero-order chi connectivity index (χ0) is 27.1. The Bertz CT molecular complexity index is 1380. The first kappa shape index (κ1) is 27.0. The highest BCUT2D eigenvalue weighted by atomic mass is 16.2. The first-order valence-electron chi connectivity index (χ1n) is 12.8. The van der Waals surface area contributed by atoms with E-state index in [0.29, 0.717) is 30.8 Å². The molecule has 3 aromatic carbocycles. The fraction of sp³-hybridized carbons (Fsp3) is 0.300. The second-order valence-electron chi connectivity index (χ2n) is 9.91. The first-order valence-corrected chi connectivity index (χ1v) is 12.8. The van der Waals surface area contributed by atoms with Crippen LogP contribution in [0.4, 0.5) is 0 Å². The molecule has 0 unspecified atom stereocenters. The number of likely N-dealkylation sites (N-methyl/N-ethyl adjacent to an activating group) is 2. The molecule has 4 aromatic rings. The maximum absolute atomic E-state index is 12.7. The summed E-state index contributed by atoms with van der Waals surface area (Å²) < 4.78 is 2.16. The molecule has 2 N–H and O–H groups in total. The van der Waals surface area contributed by atoms with Gasteiger partial charge in [-0.15, -0.1) is 0 Å². The quantitative estimate of drug-likeness (QED) is 0.322. The largest absolute Gasteiger partial charge is 0.351 e. The summed E-state index contributed by atoms with van der Waals surface area (Å²) >= 11 is 0. The lowest BCUT2D eigenvalue weighted by molar-refractivity contribution is 0.0943. The molecule has 0 saturated heterocycles. The van der Waals surface area contributed by atoms with Gasteiger partial charge in [-0.2, -0.15) is 0 Å². The van der Waals surface area contributed by atoms with Gasteiger partial charge in [-0.25, -0.2) is 4.98 Å². The molecule has 38 heavy (non-hydrogen) atoms. The SMILES string of the molecule is CN(C)CCNC(=O)c1ccc(-c2nc3cc(C(=O)NCCN(C)C)ccc3n2Cc2ccccc2)cc1. The van der Waals surface area contributed by atoms with Crippen LogP contribution in [0, 0.1) is 0 Å². The van der Waals surface area contributed by atoms with E-state index in [9.17, 15) is 9.59 Å². The van der Waals surface area contributed by atoms with E-state index < -0.39 is 0 Å². The number of imidazole rings is 1. The Kier molecular flexibility index (Phi) is 8.89. The van der Waals surface area contributed by atoms with Crippen molar-refractivity contribution < 1.29 is 9.59 Å². The topological polar surface area (TPSA) is 82.5 Å². The van der Waals surface area contributed by atoms with Crippen LogP contribution in [0.3, 0.4) is 0 Å². The van der Waals surface area contributed by atoms with Crippen molar-refractivity contribution in [2.45, 2.75) is 6.54 Å². The van der Waals surface area contributed by atoms with Crippen LogP contribution in [0.15, 0.2) is 72.8 Å². The molecule has 1 aromatic heterocycles. The maximum atomic E-state index is 12.7. The molecule has 0 aliphatic carbocycles. The lowest BCUT2D eigenvalue weighted by Gasteiger charge is -2.12. The van der Waals surface area contributed by atoms with Crippen molar-refractivity contribution in [1.82, 2.24) is 30.0 Å². The zero-order valence-electron chi connectivity index (χ0n) is 22.6. The fourth-order valence-electron chi connectivity index (χ4n) is 4.18. The van der Waals surface area contributed by atoms with E-state index in [2.05, 4.69) is 27.3 Å². The van der Waals surface area contributed by atoms with Crippen LogP contribution >= 0.6 is 0 Å². The molecule has 8 heteroatoms. The smallest absolute Gasteiger partial charge is 0.251 e. The molecular formula is C30H36N6O2. The number of fused-ring (bicyclic) bond motifs is 1. The van der Waals surface area contributed by atoms with Crippen molar-refractivity contribution in [1.29, 1.82) is 0 Å². The van der Waals surface area contributed by atoms with E-state index in [4.69, 9.17) is 4.98 Å². The highest BCUT2D eigenvalue weighted by Gasteiger charge is 2.16. The van der Waals surface area contributed by atoms with Gasteiger partial charge in [0.15, 0.2) is 0 Å². The lowest BCUT2D eigenvalue weighted by atomic mass is 10.1. The summed E-state index contributed by atoms with van der Waals surface area (Å²) in [4.78, 5) is 34.3. The number of benzene rings is 3. The maximum Gasteiger partial charge on any atom is 0.251 e. The Balaban J connectivity index is 1.64. The monoisotopic (exact) mass is 512 g/mol. The molecule has 0 fully saturated rings. The van der Waals surface area contributed by atoms with Crippen LogP contribution in [0.5, 0.6) is 0 Å². The number of carbonyl (C=O) groups is 2. The van der Waals surface area contributed by atoms with Crippen LogP contribution in [0.1, 0.15) is 26.3 Å². The molecule has 0 bridgehead atoms. The molecule has 1 heterocycles. The number of rotatable bonds is 11. The van der Waals surface area contributed by atoms with E-state index in [1.165, 1.54) is 0 Å². The predicted molar refractivity (Wildman–Crippen MR) is 152 cm³/mol. The van der Waals surface area contributed by atoms with Gasteiger partial charge >= 0.3 is 0 Å². The third-order valence-corrected chi connectivity index (χ3v) is 6.29. The van der Waals surface area contributed by atoms with Gasteiger partial charge in [-0.3, -0.25) is 9.59 Å². The summed E-state index contributed by atoms with van der Waals surface area (Å²) in [6.45, 7) is 3.35. The van der Waals surface area contributed by atoms with Crippen molar-refractivity contribution in [2.24, 2.45) is 0 Å². The first-order chi connectivity index (χ1) is 18.3. The number of hydrogen-bond donors (Lipinski definition) is 2. The summed E-state index contributed by atoms with van der Waals surface area (Å²) in [6.07, 6.45) is 0. The minimum absolute atomic E-state index is 0.0962. The lowest BCUT2D eigenvalue weighted by Crippen LogP contribution is -2.31. The predicted octanol–water partition coefficient (Wildman–Crippen LogP) is 3.33. The number of nitrogens with zero attached hydrogens (tertiary/aromatic N) is 4. The highest BCUT2D eigenvalue weighted by molar-refractivity contribution is 5.98. The number of hydrogen-bond acceptors (Lipinski definition) is 5. The third-order valence-electron chi connectivity index (χ3n) is 6.29. The van der Waals surface area contributed by atoms with Crippen molar-refractivity contribution in [3.8, 4) is 11.4 Å². The molecule has 0 atom stereocenters. The van der Waals surface area contributed by atoms with Gasteiger partial charge in [-0.05, 0) is 64.1 Å². The Morgan fingerprint density at radius 2 is 1.34 bits per heavy atom. The van der Waals surface area contributed by atoms with Crippen LogP contribution in [0.25, 0.3) is 22.4 Å². The van der Waals surface area contributed by atoms with Gasteiger partial charge in [0.05, 0.1) is 11.0 Å². The molecular weight excluding hydrogens is 476 g/mol. The van der Waals surface area contributed by atoms with Crippen LogP contribution in [0.2, 0.25) is 0 Å². The molecule has 0 spiro atoms. The van der Waals surface area contributed by atoms with Crippen molar-refractivity contribution in [3.63, 3.8) is 0 Å². The van der Waals surface area contributed by atoms with Gasteiger partial charge in [0.2, 0.25) is 0 Å². The molecule has 8 nitrogen and oxygen atoms in total. The van der Waals surface area contributed by atoms with Crippen LogP contribution < -0.4 is 10.6 Å². The van der Waals surface area contributed by atoms with Crippen molar-refractivity contribution in [2.75, 3.05) is 54.4 Å². The number of carbonyl (C=O) groups excluding carboxylic acids is 2. The molecule has 0 aliphatic heterocycles. The fourth-order valence-corrected chi connectivity index (χ4v) is 4.18. The van der Waals surface area contributed by atoms with E-state index in [1.54, 1.807) is 0 Å². The molecule has 0 saturated carbocycles. The van der Waals surface area contributed by atoms with Gasteiger partial charge < -0.3 is 25.0 Å². The van der Waals surface area contributed by atoms with Gasteiger partial charge in [0, 0.05) is 49.4 Å². The van der Waals surface area contributed by atoms with E-state index in [-0.39, 0.29) is 11.8 Å². The third kappa shape index (κ3) is 6.85. The average Bonchev–Trinajstić information content (AvgIpc) is 3.26. The summed E-state index contributed by atoms with van der Waals surface area (Å²) in [6, 6.07) is 23.4. The molecule has 198 valence electrons. The summed E-state index contributed by atoms with van der Waals surface area (Å²) in [7, 11) is 7.90. The van der Waals surface area contributed by atoms with Gasteiger partial charge in [0.1, 0.15) is 5.82 Å². The summed E-state index contributed by atoms with van der Waals surface area (Å²) in [5.41, 5.74) is 4.93. The number of amides is 2. The second-order valence-corrected chi connectivity index (χ2v) is 9.91. The van der Waals surface area contributed by atoms with Crippen LogP contribution in [-0.4, -0.2) is 85.5 Å².